The summed E-state index contributed by atoms with van der Waals surface area (Å²) in [5.74, 6) is 0.896. The standard InChI is InChI=1S/C18H21N5.ClH/c1-2-3-8-20-17-6-7-18-21-12-16(23(18)22-17)13-4-5-14-10-19-11-15(14)9-13;/h4-7,9,12,19H,2-3,8,10-11H2,1H3,(H,20,22);1H. The lowest BCUT2D eigenvalue weighted by molar-refractivity contribution is 0.765. The Balaban J connectivity index is 0.00000169. The predicted octanol–water partition coefficient (Wildman–Crippen LogP) is 3.63. The van der Waals surface area contributed by atoms with E-state index in [-0.39, 0.29) is 12.4 Å². The van der Waals surface area contributed by atoms with Crippen LogP contribution in [-0.4, -0.2) is 21.1 Å². The molecule has 1 aromatic carbocycles. The molecule has 0 amide bonds. The van der Waals surface area contributed by atoms with E-state index in [2.05, 4.69) is 40.7 Å². The highest BCUT2D eigenvalue weighted by Crippen LogP contribution is 2.25. The van der Waals surface area contributed by atoms with Gasteiger partial charge in [-0.25, -0.2) is 9.50 Å². The van der Waals surface area contributed by atoms with Crippen LogP contribution in [-0.2, 0) is 13.1 Å². The van der Waals surface area contributed by atoms with Gasteiger partial charge in [0.15, 0.2) is 5.65 Å². The normalized spacial score (nSPS) is 12.9. The molecule has 0 saturated carbocycles. The van der Waals surface area contributed by atoms with E-state index in [0.29, 0.717) is 0 Å². The molecule has 126 valence electrons. The van der Waals surface area contributed by atoms with Crippen LogP contribution in [0.4, 0.5) is 5.82 Å². The minimum Gasteiger partial charge on any atom is -0.369 e. The summed E-state index contributed by atoms with van der Waals surface area (Å²) >= 11 is 0. The van der Waals surface area contributed by atoms with Gasteiger partial charge in [0, 0.05) is 25.2 Å². The fourth-order valence-corrected chi connectivity index (χ4v) is 3.01. The Morgan fingerprint density at radius 1 is 1.17 bits per heavy atom. The van der Waals surface area contributed by atoms with Crippen LogP contribution in [0.25, 0.3) is 16.9 Å². The topological polar surface area (TPSA) is 54.2 Å². The predicted molar refractivity (Wildman–Crippen MR) is 99.6 cm³/mol. The van der Waals surface area contributed by atoms with Crippen LogP contribution in [0.15, 0.2) is 36.5 Å². The van der Waals surface area contributed by atoms with Crippen molar-refractivity contribution in [1.29, 1.82) is 0 Å². The molecule has 2 N–H and O–H groups in total. The first-order valence-corrected chi connectivity index (χ1v) is 8.26. The zero-order valence-electron chi connectivity index (χ0n) is 13.7. The van der Waals surface area contributed by atoms with Gasteiger partial charge in [0.1, 0.15) is 5.82 Å². The lowest BCUT2D eigenvalue weighted by Crippen LogP contribution is -2.05. The van der Waals surface area contributed by atoms with Crippen LogP contribution in [0, 0.1) is 0 Å². The highest BCUT2D eigenvalue weighted by molar-refractivity contribution is 5.85. The minimum absolute atomic E-state index is 0. The van der Waals surface area contributed by atoms with Crippen LogP contribution < -0.4 is 10.6 Å². The van der Waals surface area contributed by atoms with E-state index in [1.165, 1.54) is 17.5 Å². The van der Waals surface area contributed by atoms with Gasteiger partial charge in [0.2, 0.25) is 0 Å². The lowest BCUT2D eigenvalue weighted by Gasteiger charge is -2.07. The van der Waals surface area contributed by atoms with Crippen LogP contribution in [0.2, 0.25) is 0 Å². The Morgan fingerprint density at radius 3 is 2.92 bits per heavy atom. The Bertz CT molecular complexity index is 843. The molecule has 3 heterocycles. The van der Waals surface area contributed by atoms with E-state index in [1.54, 1.807) is 0 Å². The Morgan fingerprint density at radius 2 is 2.04 bits per heavy atom. The average molecular weight is 344 g/mol. The quantitative estimate of drug-likeness (QED) is 0.694. The zero-order valence-corrected chi connectivity index (χ0v) is 14.6. The summed E-state index contributed by atoms with van der Waals surface area (Å²) in [6, 6.07) is 10.6. The van der Waals surface area contributed by atoms with E-state index in [4.69, 9.17) is 5.10 Å². The fourth-order valence-electron chi connectivity index (χ4n) is 3.01. The van der Waals surface area contributed by atoms with Crippen molar-refractivity contribution >= 4 is 23.9 Å². The highest BCUT2D eigenvalue weighted by atomic mass is 35.5. The van der Waals surface area contributed by atoms with Crippen molar-refractivity contribution in [1.82, 2.24) is 19.9 Å². The molecule has 0 bridgehead atoms. The summed E-state index contributed by atoms with van der Waals surface area (Å²) in [7, 11) is 0. The molecular weight excluding hydrogens is 322 g/mol. The molecule has 1 aliphatic rings. The molecule has 6 heteroatoms. The van der Waals surface area contributed by atoms with Gasteiger partial charge in [0.05, 0.1) is 11.9 Å². The van der Waals surface area contributed by atoms with Crippen molar-refractivity contribution in [3.63, 3.8) is 0 Å². The van der Waals surface area contributed by atoms with Crippen LogP contribution >= 0.6 is 12.4 Å². The van der Waals surface area contributed by atoms with Gasteiger partial charge in [-0.1, -0.05) is 25.5 Å². The third-order valence-corrected chi connectivity index (χ3v) is 4.33. The number of anilines is 1. The summed E-state index contributed by atoms with van der Waals surface area (Å²) in [6.07, 6.45) is 4.23. The Hall–Kier alpha value is -2.11. The maximum atomic E-state index is 4.70. The summed E-state index contributed by atoms with van der Waals surface area (Å²) in [5.41, 5.74) is 5.83. The molecule has 0 saturated heterocycles. The lowest BCUT2D eigenvalue weighted by atomic mass is 10.0. The molecule has 5 nitrogen and oxygen atoms in total. The number of halogens is 1. The summed E-state index contributed by atoms with van der Waals surface area (Å²) < 4.78 is 1.93. The van der Waals surface area contributed by atoms with Gasteiger partial charge >= 0.3 is 0 Å². The zero-order chi connectivity index (χ0) is 15.6. The molecule has 24 heavy (non-hydrogen) atoms. The number of nitrogens with zero attached hydrogens (tertiary/aromatic N) is 3. The number of nitrogens with one attached hydrogen (secondary N) is 2. The summed E-state index contributed by atoms with van der Waals surface area (Å²) in [4.78, 5) is 4.48. The number of hydrogen-bond donors (Lipinski definition) is 2. The highest BCUT2D eigenvalue weighted by Gasteiger charge is 2.13. The van der Waals surface area contributed by atoms with Crippen molar-refractivity contribution in [2.24, 2.45) is 0 Å². The molecular formula is C18H22ClN5. The molecule has 3 aromatic rings. The third kappa shape index (κ3) is 3.09. The van der Waals surface area contributed by atoms with Crippen molar-refractivity contribution in [2.75, 3.05) is 11.9 Å². The van der Waals surface area contributed by atoms with Crippen molar-refractivity contribution in [3.8, 4) is 11.3 Å². The second-order valence-corrected chi connectivity index (χ2v) is 6.00. The smallest absolute Gasteiger partial charge is 0.154 e. The van der Waals surface area contributed by atoms with Gasteiger partial charge < -0.3 is 10.6 Å². The minimum atomic E-state index is 0. The van der Waals surface area contributed by atoms with E-state index >= 15 is 0 Å². The number of fused-ring (bicyclic) bond motifs is 2. The first-order chi connectivity index (χ1) is 11.3. The first kappa shape index (κ1) is 16.7. The fraction of sp³-hybridized carbons (Fsp3) is 0.333. The second kappa shape index (κ2) is 7.20. The molecule has 1 aliphatic heterocycles. The van der Waals surface area contributed by atoms with Crippen LogP contribution in [0.5, 0.6) is 0 Å². The summed E-state index contributed by atoms with van der Waals surface area (Å²) in [5, 5.41) is 11.5. The molecule has 0 spiro atoms. The molecule has 0 aliphatic carbocycles. The van der Waals surface area contributed by atoms with Crippen molar-refractivity contribution in [3.05, 3.63) is 47.7 Å². The Kier molecular flexibility index (Phi) is 5.02. The molecule has 0 atom stereocenters. The number of unbranched alkanes of at least 4 members (excludes halogenated alkanes) is 1. The first-order valence-electron chi connectivity index (χ1n) is 8.26. The van der Waals surface area contributed by atoms with E-state index in [9.17, 15) is 0 Å². The van der Waals surface area contributed by atoms with Gasteiger partial charge in [-0.3, -0.25) is 0 Å². The van der Waals surface area contributed by atoms with Crippen molar-refractivity contribution in [2.45, 2.75) is 32.9 Å². The number of aromatic nitrogens is 3. The molecule has 0 fully saturated rings. The summed E-state index contributed by atoms with van der Waals surface area (Å²) in [6.45, 7) is 5.04. The van der Waals surface area contributed by atoms with Crippen molar-refractivity contribution < 1.29 is 0 Å². The van der Waals surface area contributed by atoms with Gasteiger partial charge in [-0.15, -0.1) is 17.5 Å². The van der Waals surface area contributed by atoms with E-state index < -0.39 is 0 Å². The number of hydrogen-bond acceptors (Lipinski definition) is 4. The molecule has 2 aromatic heterocycles. The average Bonchev–Trinajstić information content (AvgIpc) is 3.20. The van der Waals surface area contributed by atoms with Gasteiger partial charge in [-0.05, 0) is 35.7 Å². The SMILES string of the molecule is CCCCNc1ccc2ncc(-c3ccc4c(c3)CNC4)n2n1.Cl. The van der Waals surface area contributed by atoms with Crippen LogP contribution in [0.1, 0.15) is 30.9 Å². The number of rotatable bonds is 5. The Labute approximate surface area is 147 Å². The second-order valence-electron chi connectivity index (χ2n) is 6.00. The van der Waals surface area contributed by atoms with E-state index in [0.717, 1.165) is 48.8 Å². The van der Waals surface area contributed by atoms with Crippen LogP contribution in [0.3, 0.4) is 0 Å². The number of imidazole rings is 1. The monoisotopic (exact) mass is 343 g/mol. The maximum absolute atomic E-state index is 4.70. The largest absolute Gasteiger partial charge is 0.369 e. The number of benzene rings is 1. The van der Waals surface area contributed by atoms with Gasteiger partial charge in [-0.2, -0.15) is 0 Å². The third-order valence-electron chi connectivity index (χ3n) is 4.33. The molecule has 0 unspecified atom stereocenters. The van der Waals surface area contributed by atoms with Gasteiger partial charge in [0.25, 0.3) is 0 Å². The maximum Gasteiger partial charge on any atom is 0.154 e. The van der Waals surface area contributed by atoms with E-state index in [1.807, 2.05) is 22.8 Å². The molecule has 4 rings (SSSR count). The molecule has 0 radical (unpaired) electrons.